The molecule has 0 bridgehead atoms. The van der Waals surface area contributed by atoms with Gasteiger partial charge in [0.2, 0.25) is 15.9 Å². The minimum Gasteiger partial charge on any atom is -0.497 e. The second kappa shape index (κ2) is 9.92. The highest BCUT2D eigenvalue weighted by Gasteiger charge is 2.26. The van der Waals surface area contributed by atoms with Gasteiger partial charge in [0, 0.05) is 25.2 Å². The van der Waals surface area contributed by atoms with Crippen LogP contribution in [0.1, 0.15) is 11.1 Å². The Balaban J connectivity index is 1.59. The zero-order valence-corrected chi connectivity index (χ0v) is 17.9. The Kier molecular flexibility index (Phi) is 7.30. The largest absolute Gasteiger partial charge is 0.497 e. The molecule has 1 aliphatic heterocycles. The van der Waals surface area contributed by atoms with Crippen LogP contribution in [0, 0.1) is 0 Å². The monoisotopic (exact) mass is 434 g/mol. The molecule has 0 saturated carbocycles. The van der Waals surface area contributed by atoms with Gasteiger partial charge < -0.3 is 19.5 Å². The number of morpholine rings is 1. The fraction of sp³-hybridized carbons (Fsp3) is 0.381. The lowest BCUT2D eigenvalue weighted by Crippen LogP contribution is -2.40. The first kappa shape index (κ1) is 22.1. The number of carbonyl (C=O) groups excluding carboxylic acids is 1. The van der Waals surface area contributed by atoms with Gasteiger partial charge in [0.25, 0.3) is 0 Å². The van der Waals surface area contributed by atoms with Crippen LogP contribution in [0.5, 0.6) is 11.5 Å². The summed E-state index contributed by atoms with van der Waals surface area (Å²) in [6.45, 7) is 1.81. The molecule has 0 atom stereocenters. The summed E-state index contributed by atoms with van der Waals surface area (Å²) in [5, 5.41) is 2.85. The smallest absolute Gasteiger partial charge is 0.243 e. The van der Waals surface area contributed by atoms with E-state index in [1.165, 1.54) is 4.31 Å². The Bertz CT molecular complexity index is 969. The van der Waals surface area contributed by atoms with Gasteiger partial charge in [-0.3, -0.25) is 4.79 Å². The van der Waals surface area contributed by atoms with E-state index in [1.54, 1.807) is 56.7 Å². The highest BCUT2D eigenvalue weighted by Crippen LogP contribution is 2.24. The molecule has 2 aromatic rings. The fourth-order valence-corrected chi connectivity index (χ4v) is 4.58. The third kappa shape index (κ3) is 5.29. The highest BCUT2D eigenvalue weighted by molar-refractivity contribution is 7.89. The lowest BCUT2D eigenvalue weighted by atomic mass is 10.1. The highest BCUT2D eigenvalue weighted by atomic mass is 32.2. The first-order valence-corrected chi connectivity index (χ1v) is 11.0. The van der Waals surface area contributed by atoms with Crippen LogP contribution in [-0.2, 0) is 32.5 Å². The summed E-state index contributed by atoms with van der Waals surface area (Å²) in [6, 6.07) is 11.8. The van der Waals surface area contributed by atoms with Crippen molar-refractivity contribution in [1.29, 1.82) is 0 Å². The number of ether oxygens (including phenoxy) is 3. The molecule has 0 radical (unpaired) electrons. The summed E-state index contributed by atoms with van der Waals surface area (Å²) in [5.41, 5.74) is 1.53. The summed E-state index contributed by atoms with van der Waals surface area (Å²) < 4.78 is 42.5. The quantitative estimate of drug-likeness (QED) is 0.678. The number of hydrogen-bond acceptors (Lipinski definition) is 6. The van der Waals surface area contributed by atoms with Crippen molar-refractivity contribution in [2.75, 3.05) is 40.5 Å². The van der Waals surface area contributed by atoms with Crippen molar-refractivity contribution in [3.05, 3.63) is 53.6 Å². The topological polar surface area (TPSA) is 94.2 Å². The normalized spacial score (nSPS) is 14.9. The first-order valence-electron chi connectivity index (χ1n) is 9.58. The van der Waals surface area contributed by atoms with Gasteiger partial charge in [-0.15, -0.1) is 0 Å². The molecular weight excluding hydrogens is 408 g/mol. The Hall–Kier alpha value is -2.62. The minimum atomic E-state index is -3.52. The molecule has 30 heavy (non-hydrogen) atoms. The third-order valence-corrected chi connectivity index (χ3v) is 6.77. The van der Waals surface area contributed by atoms with Crippen molar-refractivity contribution in [2.45, 2.75) is 17.9 Å². The number of hydrogen-bond donors (Lipinski definition) is 1. The van der Waals surface area contributed by atoms with Crippen LogP contribution in [0.15, 0.2) is 47.4 Å². The summed E-state index contributed by atoms with van der Waals surface area (Å²) in [6.07, 6.45) is 0.143. The number of benzene rings is 2. The lowest BCUT2D eigenvalue weighted by molar-refractivity contribution is -0.120. The van der Waals surface area contributed by atoms with E-state index >= 15 is 0 Å². The Morgan fingerprint density at radius 2 is 1.77 bits per heavy atom. The van der Waals surface area contributed by atoms with Gasteiger partial charge in [0.05, 0.1) is 38.7 Å². The van der Waals surface area contributed by atoms with Crippen molar-refractivity contribution < 1.29 is 27.4 Å². The maximum absolute atomic E-state index is 12.7. The molecule has 9 heteroatoms. The van der Waals surface area contributed by atoms with Gasteiger partial charge in [0.1, 0.15) is 11.5 Å². The maximum Gasteiger partial charge on any atom is 0.243 e. The van der Waals surface area contributed by atoms with Gasteiger partial charge in [-0.2, -0.15) is 4.31 Å². The van der Waals surface area contributed by atoms with Crippen LogP contribution in [0.25, 0.3) is 0 Å². The Morgan fingerprint density at radius 3 is 2.40 bits per heavy atom. The van der Waals surface area contributed by atoms with E-state index in [4.69, 9.17) is 14.2 Å². The predicted molar refractivity (Wildman–Crippen MR) is 111 cm³/mol. The number of rotatable bonds is 8. The molecule has 1 heterocycles. The van der Waals surface area contributed by atoms with Crippen molar-refractivity contribution in [3.63, 3.8) is 0 Å². The molecule has 0 aromatic heterocycles. The van der Waals surface area contributed by atoms with Crippen LogP contribution in [0.3, 0.4) is 0 Å². The SMILES string of the molecule is COc1ccc(OC)c(CC(=O)NCc2ccc(S(=O)(=O)N3CCOCC3)cc2)c1. The summed E-state index contributed by atoms with van der Waals surface area (Å²) >= 11 is 0. The van der Waals surface area contributed by atoms with Crippen molar-refractivity contribution in [1.82, 2.24) is 9.62 Å². The third-order valence-electron chi connectivity index (χ3n) is 4.86. The molecule has 1 fully saturated rings. The molecular formula is C21H26N2O6S. The molecule has 2 aromatic carbocycles. The Morgan fingerprint density at radius 1 is 1.07 bits per heavy atom. The number of nitrogens with one attached hydrogen (secondary N) is 1. The van der Waals surface area contributed by atoms with E-state index in [1.807, 2.05) is 0 Å². The molecule has 0 spiro atoms. The Labute approximate surface area is 176 Å². The molecule has 1 saturated heterocycles. The predicted octanol–water partition coefficient (Wildman–Crippen LogP) is 1.58. The number of methoxy groups -OCH3 is 2. The van der Waals surface area contributed by atoms with Crippen molar-refractivity contribution in [2.24, 2.45) is 0 Å². The van der Waals surface area contributed by atoms with Crippen LogP contribution >= 0.6 is 0 Å². The summed E-state index contributed by atoms with van der Waals surface area (Å²) in [5.74, 6) is 1.09. The average molecular weight is 435 g/mol. The average Bonchev–Trinajstić information content (AvgIpc) is 2.78. The van der Waals surface area contributed by atoms with E-state index in [0.29, 0.717) is 44.3 Å². The van der Waals surface area contributed by atoms with Crippen LogP contribution in [0.4, 0.5) is 0 Å². The lowest BCUT2D eigenvalue weighted by Gasteiger charge is -2.26. The van der Waals surface area contributed by atoms with Crippen molar-refractivity contribution in [3.8, 4) is 11.5 Å². The standard InChI is InChI=1S/C21H26N2O6S/c1-27-18-5-8-20(28-2)17(13-18)14-21(24)22-15-16-3-6-19(7-4-16)30(25,26)23-9-11-29-12-10-23/h3-8,13H,9-12,14-15H2,1-2H3,(H,22,24). The van der Waals surface area contributed by atoms with E-state index in [0.717, 1.165) is 11.1 Å². The van der Waals surface area contributed by atoms with Crippen LogP contribution in [-0.4, -0.2) is 59.2 Å². The van der Waals surface area contributed by atoms with Gasteiger partial charge in [0.15, 0.2) is 0 Å². The molecule has 3 rings (SSSR count). The number of amides is 1. The first-order chi connectivity index (χ1) is 14.4. The molecule has 1 aliphatic rings. The van der Waals surface area contributed by atoms with E-state index < -0.39 is 10.0 Å². The van der Waals surface area contributed by atoms with Crippen LogP contribution in [0.2, 0.25) is 0 Å². The minimum absolute atomic E-state index is 0.143. The molecule has 0 aliphatic carbocycles. The number of sulfonamides is 1. The van der Waals surface area contributed by atoms with Gasteiger partial charge in [-0.1, -0.05) is 12.1 Å². The maximum atomic E-state index is 12.7. The van der Waals surface area contributed by atoms with Gasteiger partial charge in [-0.25, -0.2) is 8.42 Å². The zero-order valence-electron chi connectivity index (χ0n) is 17.1. The molecule has 0 unspecified atom stereocenters. The van der Waals surface area contributed by atoms with E-state index in [9.17, 15) is 13.2 Å². The second-order valence-corrected chi connectivity index (χ2v) is 8.73. The number of carbonyl (C=O) groups is 1. The van der Waals surface area contributed by atoms with E-state index in [-0.39, 0.29) is 17.2 Å². The summed E-state index contributed by atoms with van der Waals surface area (Å²) in [7, 11) is -0.409. The summed E-state index contributed by atoms with van der Waals surface area (Å²) in [4.78, 5) is 12.6. The van der Waals surface area contributed by atoms with Gasteiger partial charge >= 0.3 is 0 Å². The molecule has 1 amide bonds. The van der Waals surface area contributed by atoms with Crippen molar-refractivity contribution >= 4 is 15.9 Å². The zero-order chi connectivity index (χ0) is 21.6. The molecule has 1 N–H and O–H groups in total. The molecule has 8 nitrogen and oxygen atoms in total. The van der Waals surface area contributed by atoms with Gasteiger partial charge in [-0.05, 0) is 35.9 Å². The van der Waals surface area contributed by atoms with E-state index in [2.05, 4.69) is 5.32 Å². The fourth-order valence-electron chi connectivity index (χ4n) is 3.17. The second-order valence-electron chi connectivity index (χ2n) is 6.79. The number of nitrogens with zero attached hydrogens (tertiary/aromatic N) is 1. The molecule has 162 valence electrons. The van der Waals surface area contributed by atoms with Crippen LogP contribution < -0.4 is 14.8 Å².